The number of Topliss-reactive ketones (excluding diaryl/α,β-unsaturated/α-hetero) is 1. The van der Waals surface area contributed by atoms with Gasteiger partial charge in [0, 0.05) is 11.6 Å². The minimum atomic E-state index is -0.757. The van der Waals surface area contributed by atoms with E-state index >= 15 is 0 Å². The first-order chi connectivity index (χ1) is 14.3. The summed E-state index contributed by atoms with van der Waals surface area (Å²) < 4.78 is 38.3. The summed E-state index contributed by atoms with van der Waals surface area (Å²) in [7, 11) is 0. The Bertz CT molecular complexity index is 1210. The fraction of sp³-hybridized carbons (Fsp3) is 0.0435. The van der Waals surface area contributed by atoms with Crippen LogP contribution in [-0.4, -0.2) is 11.8 Å². The fourth-order valence-corrected chi connectivity index (χ4v) is 3.32. The van der Waals surface area contributed by atoms with E-state index in [-0.39, 0.29) is 39.0 Å². The molecule has 0 aliphatic carbocycles. The zero-order valence-electron chi connectivity index (χ0n) is 15.5. The van der Waals surface area contributed by atoms with E-state index in [1.54, 1.807) is 6.92 Å². The second-order valence-corrected chi connectivity index (χ2v) is 7.00. The molecule has 0 radical (unpaired) electrons. The number of aryl methyl sites for hydroxylation is 1. The maximum absolute atomic E-state index is 14.1. The first-order valence-corrected chi connectivity index (χ1v) is 9.22. The molecular formula is C23H13ClF2O4. The lowest BCUT2D eigenvalue weighted by Gasteiger charge is -2.08. The van der Waals surface area contributed by atoms with Crippen molar-refractivity contribution in [1.29, 1.82) is 0 Å². The van der Waals surface area contributed by atoms with Crippen molar-refractivity contribution in [3.8, 4) is 11.5 Å². The molecule has 3 aromatic rings. The molecule has 4 nitrogen and oxygen atoms in total. The van der Waals surface area contributed by atoms with Crippen molar-refractivity contribution in [3.05, 3.63) is 99.3 Å². The van der Waals surface area contributed by atoms with Gasteiger partial charge in [0.15, 0.2) is 5.76 Å². The summed E-state index contributed by atoms with van der Waals surface area (Å²) in [4.78, 5) is 25.0. The number of rotatable bonds is 3. The van der Waals surface area contributed by atoms with Gasteiger partial charge in [0.25, 0.3) is 0 Å². The summed E-state index contributed by atoms with van der Waals surface area (Å²) in [5.74, 6) is -2.17. The Morgan fingerprint density at radius 2 is 1.87 bits per heavy atom. The number of halogens is 3. The Kier molecular flexibility index (Phi) is 5.10. The monoisotopic (exact) mass is 426 g/mol. The van der Waals surface area contributed by atoms with Crippen LogP contribution in [0.4, 0.5) is 8.78 Å². The molecule has 0 fully saturated rings. The van der Waals surface area contributed by atoms with Gasteiger partial charge in [-0.3, -0.25) is 4.79 Å². The Hall–Kier alpha value is -3.51. The number of allylic oxidation sites excluding steroid dienone is 1. The highest BCUT2D eigenvalue weighted by Crippen LogP contribution is 2.38. The summed E-state index contributed by atoms with van der Waals surface area (Å²) in [5.41, 5.74) is 0.854. The number of fused-ring (bicyclic) bond motifs is 1. The molecule has 150 valence electrons. The quantitative estimate of drug-likeness (QED) is 0.303. The first kappa shape index (κ1) is 19.8. The third kappa shape index (κ3) is 3.69. The van der Waals surface area contributed by atoms with Crippen molar-refractivity contribution in [2.75, 3.05) is 0 Å². The Labute approximate surface area is 175 Å². The summed E-state index contributed by atoms with van der Waals surface area (Å²) in [6, 6.07) is 12.1. The van der Waals surface area contributed by atoms with Gasteiger partial charge in [0.2, 0.25) is 5.78 Å². The van der Waals surface area contributed by atoms with Crippen molar-refractivity contribution in [2.45, 2.75) is 6.92 Å². The van der Waals surface area contributed by atoms with Crippen molar-refractivity contribution in [2.24, 2.45) is 0 Å². The minimum Gasteiger partial charge on any atom is -0.452 e. The van der Waals surface area contributed by atoms with Crippen LogP contribution in [-0.2, 0) is 0 Å². The largest absolute Gasteiger partial charge is 0.452 e. The molecule has 0 bridgehead atoms. The fourth-order valence-electron chi connectivity index (χ4n) is 3.10. The van der Waals surface area contributed by atoms with E-state index < -0.39 is 23.4 Å². The zero-order valence-corrected chi connectivity index (χ0v) is 16.3. The molecule has 0 amide bonds. The summed E-state index contributed by atoms with van der Waals surface area (Å²) in [6.07, 6.45) is 1.23. The molecule has 1 aliphatic heterocycles. The Morgan fingerprint density at radius 1 is 1.10 bits per heavy atom. The lowest BCUT2D eigenvalue weighted by Crippen LogP contribution is -2.09. The second kappa shape index (κ2) is 7.72. The number of carbonyl (C=O) groups excluding carboxylic acids is 2. The Morgan fingerprint density at radius 3 is 2.60 bits per heavy atom. The SMILES string of the molecule is Cc1cc(OC(=O)c2cccc(F)c2)cc2c1C(=O)/C(=C/c1c(F)cccc1Cl)O2. The van der Waals surface area contributed by atoms with Crippen LogP contribution in [0, 0.1) is 18.6 Å². The smallest absolute Gasteiger partial charge is 0.343 e. The van der Waals surface area contributed by atoms with E-state index in [2.05, 4.69) is 0 Å². The number of hydrogen-bond donors (Lipinski definition) is 0. The number of carbonyl (C=O) groups is 2. The predicted molar refractivity (Wildman–Crippen MR) is 107 cm³/mol. The number of hydrogen-bond acceptors (Lipinski definition) is 4. The summed E-state index contributed by atoms with van der Waals surface area (Å²) in [6.45, 7) is 1.65. The molecule has 1 aliphatic rings. The molecule has 0 atom stereocenters. The van der Waals surface area contributed by atoms with Crippen LogP contribution in [0.15, 0.2) is 60.4 Å². The zero-order chi connectivity index (χ0) is 21.4. The van der Waals surface area contributed by atoms with E-state index in [1.165, 1.54) is 54.6 Å². The molecule has 0 aromatic heterocycles. The number of ketones is 1. The molecule has 7 heteroatoms. The molecule has 0 unspecified atom stereocenters. The summed E-state index contributed by atoms with van der Waals surface area (Å²) >= 11 is 6.01. The van der Waals surface area contributed by atoms with Gasteiger partial charge in [-0.25, -0.2) is 13.6 Å². The van der Waals surface area contributed by atoms with E-state index in [0.29, 0.717) is 5.56 Å². The van der Waals surface area contributed by atoms with Gasteiger partial charge in [-0.2, -0.15) is 0 Å². The van der Waals surface area contributed by atoms with E-state index in [4.69, 9.17) is 21.1 Å². The molecule has 30 heavy (non-hydrogen) atoms. The topological polar surface area (TPSA) is 52.6 Å². The Balaban J connectivity index is 1.64. The van der Waals surface area contributed by atoms with Crippen molar-refractivity contribution in [3.63, 3.8) is 0 Å². The van der Waals surface area contributed by atoms with Gasteiger partial charge >= 0.3 is 5.97 Å². The van der Waals surface area contributed by atoms with E-state index in [1.807, 2.05) is 0 Å². The lowest BCUT2D eigenvalue weighted by molar-refractivity contribution is 0.0734. The molecule has 0 spiro atoms. The number of esters is 1. The van der Waals surface area contributed by atoms with Gasteiger partial charge in [0.05, 0.1) is 16.1 Å². The first-order valence-electron chi connectivity index (χ1n) is 8.84. The van der Waals surface area contributed by atoms with Crippen LogP contribution < -0.4 is 9.47 Å². The number of benzene rings is 3. The van der Waals surface area contributed by atoms with E-state index in [0.717, 1.165) is 6.07 Å². The highest BCUT2D eigenvalue weighted by Gasteiger charge is 2.31. The van der Waals surface area contributed by atoms with Crippen LogP contribution in [0.1, 0.15) is 31.8 Å². The third-order valence-corrected chi connectivity index (χ3v) is 4.82. The van der Waals surface area contributed by atoms with E-state index in [9.17, 15) is 18.4 Å². The highest BCUT2D eigenvalue weighted by molar-refractivity contribution is 6.32. The van der Waals surface area contributed by atoms with Crippen molar-refractivity contribution >= 4 is 29.4 Å². The standard InChI is InChI=1S/C23H13ClF2O4/c1-12-8-15(29-23(28)13-4-2-5-14(25)9-13)10-19-21(12)22(27)20(30-19)11-16-17(24)6-3-7-18(16)26/h2-11H,1H3/b20-11-. The summed E-state index contributed by atoms with van der Waals surface area (Å²) in [5, 5.41) is 0.135. The molecule has 0 saturated heterocycles. The van der Waals surface area contributed by atoms with Crippen LogP contribution >= 0.6 is 11.6 Å². The maximum atomic E-state index is 14.1. The van der Waals surface area contributed by atoms with Crippen LogP contribution in [0.2, 0.25) is 5.02 Å². The predicted octanol–water partition coefficient (Wildman–Crippen LogP) is 5.76. The van der Waals surface area contributed by atoms with Gasteiger partial charge in [-0.15, -0.1) is 0 Å². The van der Waals surface area contributed by atoms with Crippen molar-refractivity contribution < 1.29 is 27.8 Å². The molecule has 0 N–H and O–H groups in total. The van der Waals surface area contributed by atoms with Gasteiger partial charge in [-0.05, 0) is 55.0 Å². The lowest BCUT2D eigenvalue weighted by atomic mass is 10.0. The van der Waals surface area contributed by atoms with Gasteiger partial charge < -0.3 is 9.47 Å². The minimum absolute atomic E-state index is 0.0331. The molecule has 4 rings (SSSR count). The third-order valence-electron chi connectivity index (χ3n) is 4.49. The second-order valence-electron chi connectivity index (χ2n) is 6.59. The van der Waals surface area contributed by atoms with Crippen LogP contribution in [0.3, 0.4) is 0 Å². The van der Waals surface area contributed by atoms with Crippen LogP contribution in [0.5, 0.6) is 11.5 Å². The molecule has 0 saturated carbocycles. The highest BCUT2D eigenvalue weighted by atomic mass is 35.5. The number of ether oxygens (including phenoxy) is 2. The molecule has 1 heterocycles. The average molecular weight is 427 g/mol. The maximum Gasteiger partial charge on any atom is 0.343 e. The molecular weight excluding hydrogens is 414 g/mol. The van der Waals surface area contributed by atoms with Gasteiger partial charge in [0.1, 0.15) is 23.1 Å². The molecule has 3 aromatic carbocycles. The average Bonchev–Trinajstić information content (AvgIpc) is 3.00. The van der Waals surface area contributed by atoms with Gasteiger partial charge in [-0.1, -0.05) is 23.7 Å². The van der Waals surface area contributed by atoms with Crippen molar-refractivity contribution in [1.82, 2.24) is 0 Å². The van der Waals surface area contributed by atoms with Crippen LogP contribution in [0.25, 0.3) is 6.08 Å². The normalized spacial score (nSPS) is 13.9.